The highest BCUT2D eigenvalue weighted by molar-refractivity contribution is 7.92. The lowest BCUT2D eigenvalue weighted by Crippen LogP contribution is -2.39. The van der Waals surface area contributed by atoms with Crippen LogP contribution < -0.4 is 19.1 Å². The van der Waals surface area contributed by atoms with Gasteiger partial charge in [-0.25, -0.2) is 13.2 Å². The van der Waals surface area contributed by atoms with Crippen molar-refractivity contribution in [3.63, 3.8) is 0 Å². The normalized spacial score (nSPS) is 12.3. The molecule has 10 heteroatoms. The lowest BCUT2D eigenvalue weighted by molar-refractivity contribution is -0.114. The molecule has 0 saturated carbocycles. The molecule has 9 nitrogen and oxygen atoms in total. The Hall–Kier alpha value is -3.27. The van der Waals surface area contributed by atoms with Crippen molar-refractivity contribution in [1.82, 2.24) is 0 Å². The van der Waals surface area contributed by atoms with Crippen molar-refractivity contribution in [2.75, 3.05) is 35.3 Å². The summed E-state index contributed by atoms with van der Waals surface area (Å²) in [6, 6.07) is 10.9. The number of esters is 1. The molecule has 1 heterocycles. The fourth-order valence-electron chi connectivity index (χ4n) is 2.82. The molecule has 0 radical (unpaired) electrons. The van der Waals surface area contributed by atoms with Gasteiger partial charge in [0.25, 0.3) is 0 Å². The molecule has 2 aromatic rings. The third-order valence-electron chi connectivity index (χ3n) is 4.29. The molecule has 0 saturated heterocycles. The van der Waals surface area contributed by atoms with E-state index >= 15 is 0 Å². The monoisotopic (exact) mass is 434 g/mol. The number of rotatable bonds is 8. The number of carbonyl (C=O) groups is 2. The minimum absolute atomic E-state index is 0.0522. The number of nitrogens with zero attached hydrogens (tertiary/aromatic N) is 1. The third kappa shape index (κ3) is 4.82. The molecule has 0 spiro atoms. The van der Waals surface area contributed by atoms with Gasteiger partial charge in [0.2, 0.25) is 22.7 Å². The third-order valence-corrected chi connectivity index (χ3v) is 6.03. The highest BCUT2D eigenvalue weighted by Gasteiger charge is 2.26. The first-order chi connectivity index (χ1) is 14.3. The average Bonchev–Trinajstić information content (AvgIpc) is 3.20. The summed E-state index contributed by atoms with van der Waals surface area (Å²) >= 11 is 0. The smallest absolute Gasteiger partial charge is 0.338 e. The number of hydrogen-bond acceptors (Lipinski definition) is 7. The van der Waals surface area contributed by atoms with Crippen LogP contribution in [0.1, 0.15) is 24.2 Å². The number of ether oxygens (including phenoxy) is 3. The molecule has 0 aliphatic carbocycles. The molecule has 0 fully saturated rings. The number of amides is 1. The number of benzene rings is 2. The van der Waals surface area contributed by atoms with Crippen LogP contribution >= 0.6 is 0 Å². The molecule has 1 aliphatic rings. The molecule has 30 heavy (non-hydrogen) atoms. The predicted molar refractivity (Wildman–Crippen MR) is 110 cm³/mol. The van der Waals surface area contributed by atoms with Crippen LogP contribution in [0.4, 0.5) is 11.4 Å². The van der Waals surface area contributed by atoms with Crippen molar-refractivity contribution in [2.24, 2.45) is 0 Å². The van der Waals surface area contributed by atoms with Crippen molar-refractivity contribution < 1.29 is 32.2 Å². The van der Waals surface area contributed by atoms with E-state index in [2.05, 4.69) is 5.32 Å². The Balaban J connectivity index is 1.79. The molecule has 0 aromatic heterocycles. The highest BCUT2D eigenvalue weighted by Crippen LogP contribution is 2.36. The number of sulfonamides is 1. The van der Waals surface area contributed by atoms with E-state index in [0.29, 0.717) is 17.2 Å². The minimum atomic E-state index is -3.75. The molecular formula is C20H22N2O7S. The van der Waals surface area contributed by atoms with E-state index in [9.17, 15) is 18.0 Å². The van der Waals surface area contributed by atoms with E-state index in [1.807, 2.05) is 0 Å². The van der Waals surface area contributed by atoms with Gasteiger partial charge in [-0.1, -0.05) is 6.07 Å². The van der Waals surface area contributed by atoms with Crippen molar-refractivity contribution in [2.45, 2.75) is 13.8 Å². The van der Waals surface area contributed by atoms with Crippen LogP contribution in [0.25, 0.3) is 0 Å². The van der Waals surface area contributed by atoms with Gasteiger partial charge < -0.3 is 19.5 Å². The molecular weight excluding hydrogens is 412 g/mol. The Labute approximate surface area is 174 Å². The molecule has 160 valence electrons. The number of anilines is 2. The second-order valence-electron chi connectivity index (χ2n) is 6.29. The predicted octanol–water partition coefficient (Wildman–Crippen LogP) is 2.39. The molecule has 1 aliphatic heterocycles. The van der Waals surface area contributed by atoms with E-state index in [0.717, 1.165) is 4.31 Å². The first-order valence-electron chi connectivity index (χ1n) is 9.31. The van der Waals surface area contributed by atoms with Crippen molar-refractivity contribution in [3.8, 4) is 11.5 Å². The SMILES string of the molecule is CCOC(=O)c1cccc(NC(=O)CN(c2ccc3c(c2)OCO3)S(=O)(=O)CC)c1. The van der Waals surface area contributed by atoms with Gasteiger partial charge in [-0.05, 0) is 44.2 Å². The van der Waals surface area contributed by atoms with Crippen LogP contribution in [0.15, 0.2) is 42.5 Å². The lowest BCUT2D eigenvalue weighted by atomic mass is 10.2. The van der Waals surface area contributed by atoms with E-state index in [1.54, 1.807) is 37.3 Å². The standard InChI is InChI=1S/C20H22N2O7S/c1-3-27-20(24)14-6-5-7-15(10-14)21-19(23)12-22(30(25,26)4-2)16-8-9-17-18(11-16)29-13-28-17/h5-11H,3-4,12-13H2,1-2H3,(H,21,23). The zero-order valence-electron chi connectivity index (χ0n) is 16.6. The number of fused-ring (bicyclic) bond motifs is 1. The maximum absolute atomic E-state index is 12.6. The maximum atomic E-state index is 12.6. The van der Waals surface area contributed by atoms with Crippen molar-refractivity contribution in [3.05, 3.63) is 48.0 Å². The molecule has 0 unspecified atom stereocenters. The van der Waals surface area contributed by atoms with Crippen LogP contribution in [0.5, 0.6) is 11.5 Å². The number of nitrogens with one attached hydrogen (secondary N) is 1. The Morgan fingerprint density at radius 3 is 2.60 bits per heavy atom. The van der Waals surface area contributed by atoms with E-state index in [4.69, 9.17) is 14.2 Å². The van der Waals surface area contributed by atoms with Gasteiger partial charge in [-0.3, -0.25) is 9.10 Å². The highest BCUT2D eigenvalue weighted by atomic mass is 32.2. The first-order valence-corrected chi connectivity index (χ1v) is 10.9. The van der Waals surface area contributed by atoms with Gasteiger partial charge >= 0.3 is 5.97 Å². The topological polar surface area (TPSA) is 111 Å². The van der Waals surface area contributed by atoms with Gasteiger partial charge in [0.1, 0.15) is 6.54 Å². The maximum Gasteiger partial charge on any atom is 0.338 e. The molecule has 1 N–H and O–H groups in total. The Morgan fingerprint density at radius 2 is 1.87 bits per heavy atom. The van der Waals surface area contributed by atoms with E-state index in [1.165, 1.54) is 19.1 Å². The number of hydrogen-bond donors (Lipinski definition) is 1. The number of carbonyl (C=O) groups excluding carboxylic acids is 2. The minimum Gasteiger partial charge on any atom is -0.462 e. The van der Waals surface area contributed by atoms with Crippen LogP contribution in [0.2, 0.25) is 0 Å². The lowest BCUT2D eigenvalue weighted by Gasteiger charge is -2.23. The second-order valence-corrected chi connectivity index (χ2v) is 8.48. The molecule has 3 rings (SSSR count). The average molecular weight is 434 g/mol. The summed E-state index contributed by atoms with van der Waals surface area (Å²) in [5.41, 5.74) is 0.921. The summed E-state index contributed by atoms with van der Waals surface area (Å²) < 4.78 is 41.7. The van der Waals surface area contributed by atoms with E-state index in [-0.39, 0.29) is 30.4 Å². The summed E-state index contributed by atoms with van der Waals surface area (Å²) in [5, 5.41) is 2.62. The molecule has 1 amide bonds. The zero-order chi connectivity index (χ0) is 21.7. The van der Waals surface area contributed by atoms with Crippen molar-refractivity contribution in [1.29, 1.82) is 0 Å². The molecule has 0 atom stereocenters. The van der Waals surface area contributed by atoms with Gasteiger partial charge in [-0.2, -0.15) is 0 Å². The zero-order valence-corrected chi connectivity index (χ0v) is 17.4. The summed E-state index contributed by atoms with van der Waals surface area (Å²) in [6.45, 7) is 3.03. The summed E-state index contributed by atoms with van der Waals surface area (Å²) in [6.07, 6.45) is 0. The quantitative estimate of drug-likeness (QED) is 0.635. The Kier molecular flexibility index (Phi) is 6.46. The first kappa shape index (κ1) is 21.4. The fraction of sp³-hybridized carbons (Fsp3) is 0.300. The van der Waals surface area contributed by atoms with Gasteiger partial charge in [0.15, 0.2) is 11.5 Å². The second kappa shape index (κ2) is 9.04. The van der Waals surface area contributed by atoms with Crippen LogP contribution in [0, 0.1) is 0 Å². The van der Waals surface area contributed by atoms with Crippen LogP contribution in [-0.2, 0) is 19.6 Å². The van der Waals surface area contributed by atoms with Gasteiger partial charge in [-0.15, -0.1) is 0 Å². The van der Waals surface area contributed by atoms with Crippen LogP contribution in [0.3, 0.4) is 0 Å². The Morgan fingerprint density at radius 1 is 1.10 bits per heavy atom. The Bertz CT molecular complexity index is 1050. The summed E-state index contributed by atoms with van der Waals surface area (Å²) in [7, 11) is -3.75. The molecule has 2 aromatic carbocycles. The summed E-state index contributed by atoms with van der Waals surface area (Å²) in [5.74, 6) is -0.346. The largest absolute Gasteiger partial charge is 0.462 e. The van der Waals surface area contributed by atoms with Crippen molar-refractivity contribution >= 4 is 33.3 Å². The summed E-state index contributed by atoms with van der Waals surface area (Å²) in [4.78, 5) is 24.5. The van der Waals surface area contributed by atoms with Gasteiger partial charge in [0.05, 0.1) is 23.6 Å². The van der Waals surface area contributed by atoms with Crippen LogP contribution in [-0.4, -0.2) is 46.0 Å². The van der Waals surface area contributed by atoms with E-state index < -0.39 is 28.4 Å². The molecule has 0 bridgehead atoms. The van der Waals surface area contributed by atoms with Gasteiger partial charge in [0, 0.05) is 11.8 Å². The fourth-order valence-corrected chi connectivity index (χ4v) is 3.88.